The van der Waals surface area contributed by atoms with Gasteiger partial charge in [-0.25, -0.2) is 0 Å². The molecule has 0 spiro atoms. The van der Waals surface area contributed by atoms with Crippen LogP contribution in [0.4, 0.5) is 0 Å². The van der Waals surface area contributed by atoms with Crippen molar-refractivity contribution in [3.05, 3.63) is 77.7 Å². The van der Waals surface area contributed by atoms with E-state index in [0.29, 0.717) is 0 Å². The van der Waals surface area contributed by atoms with Crippen molar-refractivity contribution in [2.75, 3.05) is 13.1 Å². The third-order valence-electron chi connectivity index (χ3n) is 6.75. The van der Waals surface area contributed by atoms with Crippen LogP contribution in [0.1, 0.15) is 49.3 Å². The zero-order valence-electron chi connectivity index (χ0n) is 16.4. The van der Waals surface area contributed by atoms with Crippen molar-refractivity contribution in [3.63, 3.8) is 0 Å². The lowest BCUT2D eigenvalue weighted by molar-refractivity contribution is 0.00378. The van der Waals surface area contributed by atoms with Crippen molar-refractivity contribution in [1.82, 2.24) is 10.2 Å². The fourth-order valence-electron chi connectivity index (χ4n) is 5.13. The summed E-state index contributed by atoms with van der Waals surface area (Å²) in [5.74, 6) is 0. The van der Waals surface area contributed by atoms with E-state index < -0.39 is 0 Å². The summed E-state index contributed by atoms with van der Waals surface area (Å²) in [6.07, 6.45) is 6.54. The first-order valence-corrected chi connectivity index (χ1v) is 11.4. The number of thiophene rings is 1. The van der Waals surface area contributed by atoms with E-state index in [1.165, 1.54) is 66.4 Å². The maximum Gasteiger partial charge on any atom is 0.0697 e. The van der Waals surface area contributed by atoms with Crippen LogP contribution < -0.4 is 5.32 Å². The molecule has 2 aliphatic rings. The third-order valence-corrected chi connectivity index (χ3v) is 7.71. The summed E-state index contributed by atoms with van der Waals surface area (Å²) < 4.78 is 1.33. The molecule has 28 heavy (non-hydrogen) atoms. The molecule has 1 atom stereocenters. The number of fused-ring (bicyclic) bond motifs is 1. The van der Waals surface area contributed by atoms with Crippen molar-refractivity contribution in [2.24, 2.45) is 0 Å². The maximum atomic E-state index is 4.49. The lowest BCUT2D eigenvalue weighted by atomic mass is 9.68. The second kappa shape index (κ2) is 7.38. The van der Waals surface area contributed by atoms with Gasteiger partial charge in [-0.2, -0.15) is 0 Å². The highest BCUT2D eigenvalue weighted by Crippen LogP contribution is 2.49. The Bertz CT molecular complexity index is 964. The molecule has 1 aliphatic carbocycles. The highest BCUT2D eigenvalue weighted by atomic mass is 32.1. The number of likely N-dealkylation sites (tertiary alicyclic amines) is 1. The van der Waals surface area contributed by atoms with Crippen LogP contribution in [0.5, 0.6) is 0 Å². The fourth-order valence-corrected chi connectivity index (χ4v) is 6.10. The van der Waals surface area contributed by atoms with Gasteiger partial charge < -0.3 is 5.32 Å². The van der Waals surface area contributed by atoms with Gasteiger partial charge in [0.15, 0.2) is 0 Å². The van der Waals surface area contributed by atoms with Gasteiger partial charge in [-0.05, 0) is 56.8 Å². The molecular formula is C25H28N2S. The van der Waals surface area contributed by atoms with Crippen molar-refractivity contribution in [3.8, 4) is 0 Å². The topological polar surface area (TPSA) is 15.3 Å². The van der Waals surface area contributed by atoms with Crippen LogP contribution in [0.2, 0.25) is 0 Å². The largest absolute Gasteiger partial charge is 0.376 e. The minimum Gasteiger partial charge on any atom is -0.376 e. The first-order valence-electron chi connectivity index (χ1n) is 10.5. The van der Waals surface area contributed by atoms with Gasteiger partial charge in [-0.15, -0.1) is 11.3 Å². The molecule has 1 aromatic heterocycles. The van der Waals surface area contributed by atoms with Crippen LogP contribution in [-0.4, -0.2) is 23.5 Å². The van der Waals surface area contributed by atoms with Crippen LogP contribution in [-0.2, 0) is 0 Å². The average molecular weight is 389 g/mol. The number of nitrogens with one attached hydrogen (secondary N) is 1. The molecule has 2 aromatic carbocycles. The van der Waals surface area contributed by atoms with E-state index in [4.69, 9.17) is 0 Å². The normalized spacial score (nSPS) is 20.0. The second-order valence-corrected chi connectivity index (χ2v) is 9.17. The van der Waals surface area contributed by atoms with Crippen molar-refractivity contribution >= 4 is 27.1 Å². The zero-order chi connectivity index (χ0) is 19.0. The highest BCUT2D eigenvalue weighted by Gasteiger charge is 2.49. The minimum absolute atomic E-state index is 0.229. The molecule has 1 unspecified atom stereocenters. The number of rotatable bonds is 6. The van der Waals surface area contributed by atoms with Crippen molar-refractivity contribution < 1.29 is 0 Å². The zero-order valence-corrected chi connectivity index (χ0v) is 17.2. The lowest BCUT2D eigenvalue weighted by Gasteiger charge is -2.54. The van der Waals surface area contributed by atoms with Crippen LogP contribution in [0.15, 0.2) is 66.6 Å². The Labute approximate surface area is 171 Å². The van der Waals surface area contributed by atoms with E-state index in [1.54, 1.807) is 11.3 Å². The fraction of sp³-hybridized carbons (Fsp3) is 0.360. The summed E-state index contributed by atoms with van der Waals surface area (Å²) in [7, 11) is 0. The molecule has 2 fully saturated rings. The SMILES string of the molecule is C=C(NC(c1ccccc1)C1(N2CCCC2)CCC1)c1csc2ccccc12. The number of hydrogen-bond acceptors (Lipinski definition) is 3. The standard InChI is InChI=1S/C25H28N2S/c1-19(22-18-28-23-13-6-5-12-21(22)23)26-24(20-10-3-2-4-11-20)25(14-9-15-25)27-16-7-8-17-27/h2-6,10-13,18,24,26H,1,7-9,14-17H2. The smallest absolute Gasteiger partial charge is 0.0697 e. The number of benzene rings is 2. The first-order chi connectivity index (χ1) is 13.8. The van der Waals surface area contributed by atoms with Gasteiger partial charge in [-0.3, -0.25) is 4.90 Å². The molecule has 1 aliphatic heterocycles. The van der Waals surface area contributed by atoms with Gasteiger partial charge in [0, 0.05) is 32.3 Å². The van der Waals surface area contributed by atoms with Gasteiger partial charge in [0.25, 0.3) is 0 Å². The van der Waals surface area contributed by atoms with E-state index in [-0.39, 0.29) is 11.6 Å². The van der Waals surface area contributed by atoms with Crippen LogP contribution in [0.3, 0.4) is 0 Å². The lowest BCUT2D eigenvalue weighted by Crippen LogP contribution is -2.59. The molecular weight excluding hydrogens is 360 g/mol. The van der Waals surface area contributed by atoms with Crippen molar-refractivity contribution in [2.45, 2.75) is 43.7 Å². The van der Waals surface area contributed by atoms with Gasteiger partial charge in [0.2, 0.25) is 0 Å². The molecule has 3 aromatic rings. The molecule has 3 heteroatoms. The Morgan fingerprint density at radius 3 is 2.39 bits per heavy atom. The van der Waals surface area contributed by atoms with Crippen molar-refractivity contribution in [1.29, 1.82) is 0 Å². The van der Waals surface area contributed by atoms with Gasteiger partial charge in [0.05, 0.1) is 6.04 Å². The Morgan fingerprint density at radius 2 is 1.68 bits per heavy atom. The number of hydrogen-bond donors (Lipinski definition) is 1. The minimum atomic E-state index is 0.229. The average Bonchev–Trinajstić information content (AvgIpc) is 3.37. The van der Waals surface area contributed by atoms with Gasteiger partial charge in [-0.1, -0.05) is 55.1 Å². The summed E-state index contributed by atoms with van der Waals surface area (Å²) in [4.78, 5) is 2.76. The van der Waals surface area contributed by atoms with E-state index in [0.717, 1.165) is 5.70 Å². The summed E-state index contributed by atoms with van der Waals surface area (Å²) >= 11 is 1.81. The van der Waals surface area contributed by atoms with E-state index in [1.807, 2.05) is 0 Å². The Hall–Kier alpha value is -2.10. The highest BCUT2D eigenvalue weighted by molar-refractivity contribution is 7.17. The first kappa shape index (κ1) is 18.0. The molecule has 144 valence electrons. The molecule has 0 bridgehead atoms. The van der Waals surface area contributed by atoms with Gasteiger partial charge in [0.1, 0.15) is 0 Å². The Kier molecular flexibility index (Phi) is 4.73. The predicted octanol–water partition coefficient (Wildman–Crippen LogP) is 6.22. The van der Waals surface area contributed by atoms with Crippen LogP contribution in [0.25, 0.3) is 15.8 Å². The molecule has 2 nitrogen and oxygen atoms in total. The summed E-state index contributed by atoms with van der Waals surface area (Å²) in [5.41, 5.74) is 3.91. The number of nitrogens with zero attached hydrogens (tertiary/aromatic N) is 1. The molecule has 1 saturated heterocycles. The third kappa shape index (κ3) is 2.98. The molecule has 5 rings (SSSR count). The van der Waals surface area contributed by atoms with E-state index >= 15 is 0 Å². The molecule has 1 saturated carbocycles. The summed E-state index contributed by atoms with van der Waals surface area (Å²) in [6.45, 7) is 6.96. The Morgan fingerprint density at radius 1 is 0.964 bits per heavy atom. The summed E-state index contributed by atoms with van der Waals surface area (Å²) in [5, 5.41) is 7.48. The van der Waals surface area contributed by atoms with Crippen LogP contribution in [0, 0.1) is 0 Å². The molecule has 1 N–H and O–H groups in total. The Balaban J connectivity index is 1.51. The summed E-state index contributed by atoms with van der Waals surface area (Å²) in [6, 6.07) is 20.0. The second-order valence-electron chi connectivity index (χ2n) is 8.26. The van der Waals surface area contributed by atoms with Gasteiger partial charge >= 0.3 is 0 Å². The maximum absolute atomic E-state index is 4.49. The quantitative estimate of drug-likeness (QED) is 0.539. The van der Waals surface area contributed by atoms with Crippen LogP contribution >= 0.6 is 11.3 Å². The van der Waals surface area contributed by atoms with E-state index in [9.17, 15) is 0 Å². The van der Waals surface area contributed by atoms with E-state index in [2.05, 4.69) is 76.8 Å². The molecule has 2 heterocycles. The monoisotopic (exact) mass is 388 g/mol. The predicted molar refractivity (Wildman–Crippen MR) is 121 cm³/mol. The molecule has 0 radical (unpaired) electrons. The molecule has 0 amide bonds.